The number of anilines is 1. The predicted molar refractivity (Wildman–Crippen MR) is 116 cm³/mol. The third-order valence-corrected chi connectivity index (χ3v) is 5.44. The third kappa shape index (κ3) is 4.51. The van der Waals surface area contributed by atoms with E-state index in [1.54, 1.807) is 18.2 Å². The lowest BCUT2D eigenvalue weighted by molar-refractivity contribution is 0.0978. The van der Waals surface area contributed by atoms with Crippen molar-refractivity contribution in [3.8, 4) is 5.75 Å². The molecule has 2 aromatic carbocycles. The summed E-state index contributed by atoms with van der Waals surface area (Å²) in [6, 6.07) is 11.1. The highest BCUT2D eigenvalue weighted by atomic mass is 16.5. The fourth-order valence-corrected chi connectivity index (χ4v) is 4.20. The van der Waals surface area contributed by atoms with Gasteiger partial charge in [0.25, 0.3) is 5.91 Å². The van der Waals surface area contributed by atoms with E-state index in [2.05, 4.69) is 43.2 Å². The molecule has 5 nitrogen and oxygen atoms in total. The highest BCUT2D eigenvalue weighted by Gasteiger charge is 2.30. The number of carbonyl (C=O) groups excluding carboxylic acids is 2. The molecule has 0 unspecified atom stereocenters. The summed E-state index contributed by atoms with van der Waals surface area (Å²) in [6.07, 6.45) is 1.17. The molecule has 3 rings (SSSR count). The maximum atomic E-state index is 12.8. The van der Waals surface area contributed by atoms with Gasteiger partial charge in [0.1, 0.15) is 5.75 Å². The second-order valence-electron chi connectivity index (χ2n) is 8.47. The van der Waals surface area contributed by atoms with E-state index in [1.165, 1.54) is 18.2 Å². The molecule has 29 heavy (non-hydrogen) atoms. The van der Waals surface area contributed by atoms with E-state index < -0.39 is 0 Å². The zero-order valence-electron chi connectivity index (χ0n) is 18.0. The molecule has 1 amide bonds. The summed E-state index contributed by atoms with van der Waals surface area (Å²) in [7, 11) is 3.64. The SMILES string of the molecule is CCCC(=O)c1cc(C(=O)Nc2ccc3c(c2)CN(C)CC3(C)C)ccc1OC. The van der Waals surface area contributed by atoms with Crippen molar-refractivity contribution in [2.24, 2.45) is 0 Å². The van der Waals surface area contributed by atoms with E-state index in [0.29, 0.717) is 23.3 Å². The Labute approximate surface area is 173 Å². The van der Waals surface area contributed by atoms with E-state index in [9.17, 15) is 9.59 Å². The minimum Gasteiger partial charge on any atom is -0.496 e. The van der Waals surface area contributed by atoms with Crippen LogP contribution in [0.1, 0.15) is 65.5 Å². The normalized spacial score (nSPS) is 15.5. The van der Waals surface area contributed by atoms with Crippen LogP contribution < -0.4 is 10.1 Å². The number of carbonyl (C=O) groups is 2. The highest BCUT2D eigenvalue weighted by molar-refractivity contribution is 6.07. The van der Waals surface area contributed by atoms with Gasteiger partial charge >= 0.3 is 0 Å². The number of ketones is 1. The molecule has 1 N–H and O–H groups in total. The van der Waals surface area contributed by atoms with Crippen molar-refractivity contribution in [2.75, 3.05) is 26.0 Å². The van der Waals surface area contributed by atoms with E-state index in [-0.39, 0.29) is 17.1 Å². The maximum Gasteiger partial charge on any atom is 0.255 e. The van der Waals surface area contributed by atoms with Crippen LogP contribution in [0.3, 0.4) is 0 Å². The Morgan fingerprint density at radius 2 is 1.93 bits per heavy atom. The van der Waals surface area contributed by atoms with Crippen molar-refractivity contribution in [3.05, 3.63) is 58.7 Å². The minimum absolute atomic E-state index is 0.0157. The topological polar surface area (TPSA) is 58.6 Å². The summed E-state index contributed by atoms with van der Waals surface area (Å²) in [5, 5.41) is 2.98. The van der Waals surface area contributed by atoms with E-state index >= 15 is 0 Å². The van der Waals surface area contributed by atoms with Gasteiger partial charge in [-0.3, -0.25) is 9.59 Å². The molecular weight excluding hydrogens is 364 g/mol. The van der Waals surface area contributed by atoms with Crippen molar-refractivity contribution in [1.29, 1.82) is 0 Å². The molecule has 0 aliphatic carbocycles. The van der Waals surface area contributed by atoms with Crippen molar-refractivity contribution in [1.82, 2.24) is 4.90 Å². The first-order valence-electron chi connectivity index (χ1n) is 10.1. The molecule has 0 bridgehead atoms. The summed E-state index contributed by atoms with van der Waals surface area (Å²) < 4.78 is 5.30. The van der Waals surface area contributed by atoms with Crippen LogP contribution >= 0.6 is 0 Å². The third-order valence-electron chi connectivity index (χ3n) is 5.44. The molecule has 0 aromatic heterocycles. The van der Waals surface area contributed by atoms with Crippen molar-refractivity contribution >= 4 is 17.4 Å². The number of nitrogens with zero attached hydrogens (tertiary/aromatic N) is 1. The molecule has 0 saturated carbocycles. The van der Waals surface area contributed by atoms with Crippen LogP contribution in [-0.4, -0.2) is 37.3 Å². The summed E-state index contributed by atoms with van der Waals surface area (Å²) in [5.74, 6) is 0.249. The number of methoxy groups -OCH3 is 1. The van der Waals surface area contributed by atoms with Gasteiger partial charge in [-0.25, -0.2) is 0 Å². The zero-order chi connectivity index (χ0) is 21.2. The lowest BCUT2D eigenvalue weighted by Crippen LogP contribution is -2.39. The number of Topliss-reactive ketones (excluding diaryl/α,β-unsaturated/α-hetero) is 1. The van der Waals surface area contributed by atoms with Gasteiger partial charge in [0.05, 0.1) is 12.7 Å². The number of benzene rings is 2. The van der Waals surface area contributed by atoms with Crippen LogP contribution in [0.2, 0.25) is 0 Å². The molecule has 1 heterocycles. The lowest BCUT2D eigenvalue weighted by atomic mass is 9.78. The molecule has 0 atom stereocenters. The molecule has 1 aliphatic rings. The van der Waals surface area contributed by atoms with Gasteiger partial charge in [0.2, 0.25) is 0 Å². The fourth-order valence-electron chi connectivity index (χ4n) is 4.20. The predicted octanol–water partition coefficient (Wildman–Crippen LogP) is 4.65. The van der Waals surface area contributed by atoms with Crippen molar-refractivity contribution in [3.63, 3.8) is 0 Å². The number of fused-ring (bicyclic) bond motifs is 1. The monoisotopic (exact) mass is 394 g/mol. The Bertz CT molecular complexity index is 934. The number of rotatable bonds is 6. The average molecular weight is 395 g/mol. The molecule has 0 radical (unpaired) electrons. The number of amides is 1. The standard InChI is InChI=1S/C24H30N2O3/c1-6-7-21(27)19-13-16(8-11-22(19)29-5)23(28)25-18-9-10-20-17(12-18)14-26(4)15-24(20,2)3/h8-13H,6-7,14-15H2,1-5H3,(H,25,28). The van der Waals surface area contributed by atoms with Crippen molar-refractivity contribution in [2.45, 2.75) is 45.6 Å². The summed E-state index contributed by atoms with van der Waals surface area (Å²) in [6.45, 7) is 8.31. The van der Waals surface area contributed by atoms with Gasteiger partial charge in [-0.05, 0) is 54.9 Å². The Balaban J connectivity index is 1.85. The molecule has 1 aliphatic heterocycles. The largest absolute Gasteiger partial charge is 0.496 e. The molecule has 2 aromatic rings. The van der Waals surface area contributed by atoms with E-state index in [0.717, 1.165) is 25.2 Å². The molecule has 0 fully saturated rings. The Hall–Kier alpha value is -2.66. The Kier molecular flexibility index (Phi) is 6.08. The van der Waals surface area contributed by atoms with Gasteiger partial charge in [-0.1, -0.05) is 26.8 Å². The van der Waals surface area contributed by atoms with E-state index in [1.807, 2.05) is 13.0 Å². The van der Waals surface area contributed by atoms with Crippen LogP contribution in [0.4, 0.5) is 5.69 Å². The first kappa shape index (κ1) is 21.1. The van der Waals surface area contributed by atoms with Crippen LogP contribution in [0, 0.1) is 0 Å². The van der Waals surface area contributed by atoms with Crippen LogP contribution in [0.15, 0.2) is 36.4 Å². The lowest BCUT2D eigenvalue weighted by Gasteiger charge is -2.38. The van der Waals surface area contributed by atoms with Crippen LogP contribution in [-0.2, 0) is 12.0 Å². The van der Waals surface area contributed by atoms with Gasteiger partial charge in [0, 0.05) is 36.2 Å². The quantitative estimate of drug-likeness (QED) is 0.725. The molecule has 5 heteroatoms. The number of hydrogen-bond acceptors (Lipinski definition) is 4. The number of ether oxygens (including phenoxy) is 1. The van der Waals surface area contributed by atoms with Crippen LogP contribution in [0.5, 0.6) is 5.75 Å². The highest BCUT2D eigenvalue weighted by Crippen LogP contribution is 2.34. The molecular formula is C24H30N2O3. The first-order chi connectivity index (χ1) is 13.7. The molecule has 154 valence electrons. The molecule has 0 saturated heterocycles. The summed E-state index contributed by atoms with van der Waals surface area (Å²) >= 11 is 0. The zero-order valence-corrected chi connectivity index (χ0v) is 18.0. The number of hydrogen-bond donors (Lipinski definition) is 1. The summed E-state index contributed by atoms with van der Waals surface area (Å²) in [5.41, 5.74) is 4.30. The number of likely N-dealkylation sites (N-methyl/N-ethyl adjacent to an activating group) is 1. The summed E-state index contributed by atoms with van der Waals surface area (Å²) in [4.78, 5) is 27.5. The minimum atomic E-state index is -0.235. The Morgan fingerprint density at radius 3 is 2.62 bits per heavy atom. The Morgan fingerprint density at radius 1 is 1.17 bits per heavy atom. The van der Waals surface area contributed by atoms with E-state index in [4.69, 9.17) is 4.74 Å². The van der Waals surface area contributed by atoms with Gasteiger partial charge in [-0.15, -0.1) is 0 Å². The first-order valence-corrected chi connectivity index (χ1v) is 10.1. The van der Waals surface area contributed by atoms with Gasteiger partial charge in [-0.2, -0.15) is 0 Å². The van der Waals surface area contributed by atoms with Gasteiger partial charge < -0.3 is 15.0 Å². The smallest absolute Gasteiger partial charge is 0.255 e. The maximum absolute atomic E-state index is 12.8. The van der Waals surface area contributed by atoms with Gasteiger partial charge in [0.15, 0.2) is 5.78 Å². The fraction of sp³-hybridized carbons (Fsp3) is 0.417. The van der Waals surface area contributed by atoms with Crippen LogP contribution in [0.25, 0.3) is 0 Å². The molecule has 0 spiro atoms. The second-order valence-corrected chi connectivity index (χ2v) is 8.47. The average Bonchev–Trinajstić information content (AvgIpc) is 2.66. The number of nitrogens with one attached hydrogen (secondary N) is 1. The van der Waals surface area contributed by atoms with Crippen molar-refractivity contribution < 1.29 is 14.3 Å². The second kappa shape index (κ2) is 8.37.